The van der Waals surface area contributed by atoms with Crippen molar-refractivity contribution >= 4 is 28.8 Å². The van der Waals surface area contributed by atoms with E-state index in [2.05, 4.69) is 32.3 Å². The molecule has 0 saturated heterocycles. The largest absolute Gasteiger partial charge is 0.396 e. The molecule has 1 saturated carbocycles. The van der Waals surface area contributed by atoms with Crippen molar-refractivity contribution in [1.29, 1.82) is 0 Å². The van der Waals surface area contributed by atoms with Gasteiger partial charge in [0, 0.05) is 30.8 Å². The number of aliphatic hydroxyl groups excluding tert-OH is 1. The molecule has 164 valence electrons. The van der Waals surface area contributed by atoms with Crippen LogP contribution in [-0.4, -0.2) is 45.9 Å². The maximum absolute atomic E-state index is 12.8. The molecule has 0 bridgehead atoms. The third-order valence-corrected chi connectivity index (χ3v) is 6.34. The van der Waals surface area contributed by atoms with Crippen LogP contribution in [0.4, 0.5) is 17.2 Å². The Balaban J connectivity index is 1.63. The summed E-state index contributed by atoms with van der Waals surface area (Å²) < 4.78 is 0. The quantitative estimate of drug-likeness (QED) is 0.690. The Bertz CT molecular complexity index is 968. The van der Waals surface area contributed by atoms with Crippen molar-refractivity contribution in [3.63, 3.8) is 0 Å². The summed E-state index contributed by atoms with van der Waals surface area (Å²) >= 11 is 0. The molecule has 2 heterocycles. The first-order valence-corrected chi connectivity index (χ1v) is 11.2. The number of fused-ring (bicyclic) bond motifs is 1. The fourth-order valence-electron chi connectivity index (χ4n) is 4.64. The highest BCUT2D eigenvalue weighted by Crippen LogP contribution is 2.44. The topological polar surface area (TPSA) is 90.7 Å². The van der Waals surface area contributed by atoms with Crippen LogP contribution in [-0.2, 0) is 4.79 Å². The number of aryl methyl sites for hydroxylation is 1. The first-order chi connectivity index (χ1) is 15.1. The Kier molecular flexibility index (Phi) is 6.61. The van der Waals surface area contributed by atoms with Gasteiger partial charge in [0.25, 0.3) is 5.91 Å². The number of carbonyl (C=O) groups is 1. The maximum atomic E-state index is 12.8. The normalized spacial score (nSPS) is 19.4. The van der Waals surface area contributed by atoms with Crippen molar-refractivity contribution in [2.45, 2.75) is 64.3 Å². The molecule has 7 nitrogen and oxygen atoms in total. The number of aliphatic imine (C=N–C) groups is 1. The molecule has 7 heteroatoms. The van der Waals surface area contributed by atoms with E-state index in [-0.39, 0.29) is 24.5 Å². The molecule has 1 amide bonds. The zero-order valence-electron chi connectivity index (χ0n) is 18.3. The van der Waals surface area contributed by atoms with Crippen molar-refractivity contribution in [2.75, 3.05) is 18.1 Å². The number of nitrogens with zero attached hydrogens (tertiary/aromatic N) is 4. The zero-order valence-corrected chi connectivity index (χ0v) is 18.3. The summed E-state index contributed by atoms with van der Waals surface area (Å²) in [5.74, 6) is 0.801. The molecule has 1 aromatic heterocycles. The van der Waals surface area contributed by atoms with Gasteiger partial charge in [-0.05, 0) is 44.7 Å². The van der Waals surface area contributed by atoms with E-state index in [1.165, 1.54) is 24.8 Å². The molecule has 1 aliphatic heterocycles. The van der Waals surface area contributed by atoms with E-state index < -0.39 is 0 Å². The molecular weight excluding hydrogens is 390 g/mol. The molecule has 0 radical (unpaired) electrons. The van der Waals surface area contributed by atoms with Crippen LogP contribution < -0.4 is 10.2 Å². The number of nitrogens with one attached hydrogen (secondary N) is 1. The van der Waals surface area contributed by atoms with E-state index in [9.17, 15) is 9.90 Å². The van der Waals surface area contributed by atoms with E-state index in [1.807, 2.05) is 19.1 Å². The number of hydrogen-bond donors (Lipinski definition) is 2. The summed E-state index contributed by atoms with van der Waals surface area (Å²) in [7, 11) is 0. The Morgan fingerprint density at radius 2 is 2.00 bits per heavy atom. The average molecular weight is 422 g/mol. The van der Waals surface area contributed by atoms with Gasteiger partial charge in [-0.3, -0.25) is 4.79 Å². The molecule has 0 spiro atoms. The van der Waals surface area contributed by atoms with E-state index in [1.54, 1.807) is 13.3 Å². The summed E-state index contributed by atoms with van der Waals surface area (Å²) in [6.45, 7) is 4.50. The summed E-state index contributed by atoms with van der Waals surface area (Å²) in [6.07, 6.45) is 7.89. The van der Waals surface area contributed by atoms with Gasteiger partial charge in [0.2, 0.25) is 0 Å². The Morgan fingerprint density at radius 1 is 1.23 bits per heavy atom. The second-order valence-electron chi connectivity index (χ2n) is 8.52. The highest BCUT2D eigenvalue weighted by molar-refractivity contribution is 6.38. The number of para-hydroxylation sites is 1. The van der Waals surface area contributed by atoms with Crippen LogP contribution in [0.1, 0.15) is 62.6 Å². The molecule has 1 fully saturated rings. The van der Waals surface area contributed by atoms with Crippen LogP contribution in [0.25, 0.3) is 0 Å². The molecule has 1 aromatic carbocycles. The number of amides is 1. The minimum atomic E-state index is -0.124. The molecular formula is C24H31N5O2. The van der Waals surface area contributed by atoms with Crippen LogP contribution >= 0.6 is 0 Å². The molecule has 2 aliphatic rings. The number of anilines is 2. The van der Waals surface area contributed by atoms with Crippen LogP contribution in [0.3, 0.4) is 0 Å². The van der Waals surface area contributed by atoms with Crippen molar-refractivity contribution in [3.05, 3.63) is 41.9 Å². The number of aromatic nitrogens is 2. The minimum Gasteiger partial charge on any atom is -0.396 e. The van der Waals surface area contributed by atoms with Gasteiger partial charge in [-0.2, -0.15) is 0 Å². The number of rotatable bonds is 6. The van der Waals surface area contributed by atoms with Gasteiger partial charge in [-0.1, -0.05) is 37.5 Å². The highest BCUT2D eigenvalue weighted by atomic mass is 16.3. The SMILES string of the molecule is CC(=Nc1c(C)ncnc1N1CC(CCO)c2ccccc21)C(=O)NC1CCCCC1. The number of aliphatic hydroxyl groups is 1. The third-order valence-electron chi connectivity index (χ3n) is 6.34. The van der Waals surface area contributed by atoms with Crippen LogP contribution in [0.15, 0.2) is 35.6 Å². The molecule has 1 unspecified atom stereocenters. The van der Waals surface area contributed by atoms with Gasteiger partial charge in [0.15, 0.2) is 5.82 Å². The van der Waals surface area contributed by atoms with E-state index in [0.717, 1.165) is 24.2 Å². The molecule has 31 heavy (non-hydrogen) atoms. The van der Waals surface area contributed by atoms with Crippen molar-refractivity contribution in [2.24, 2.45) is 4.99 Å². The highest BCUT2D eigenvalue weighted by Gasteiger charge is 2.31. The van der Waals surface area contributed by atoms with Crippen molar-refractivity contribution in [3.8, 4) is 0 Å². The Labute approximate surface area is 183 Å². The number of carbonyl (C=O) groups excluding carboxylic acids is 1. The van der Waals surface area contributed by atoms with Crippen LogP contribution in [0.5, 0.6) is 0 Å². The van der Waals surface area contributed by atoms with Crippen molar-refractivity contribution in [1.82, 2.24) is 15.3 Å². The van der Waals surface area contributed by atoms with Gasteiger partial charge >= 0.3 is 0 Å². The van der Waals surface area contributed by atoms with E-state index >= 15 is 0 Å². The predicted molar refractivity (Wildman–Crippen MR) is 122 cm³/mol. The lowest BCUT2D eigenvalue weighted by molar-refractivity contribution is -0.115. The average Bonchev–Trinajstić information content (AvgIpc) is 3.14. The van der Waals surface area contributed by atoms with Gasteiger partial charge in [-0.15, -0.1) is 0 Å². The van der Waals surface area contributed by atoms with Gasteiger partial charge < -0.3 is 15.3 Å². The predicted octanol–water partition coefficient (Wildman–Crippen LogP) is 3.94. The number of benzene rings is 1. The van der Waals surface area contributed by atoms with Crippen molar-refractivity contribution < 1.29 is 9.90 Å². The third kappa shape index (κ3) is 4.61. The van der Waals surface area contributed by atoms with E-state index in [4.69, 9.17) is 4.99 Å². The molecule has 4 rings (SSSR count). The molecule has 1 aliphatic carbocycles. The van der Waals surface area contributed by atoms with Gasteiger partial charge in [-0.25, -0.2) is 15.0 Å². The van der Waals surface area contributed by atoms with Gasteiger partial charge in [0.05, 0.1) is 5.69 Å². The smallest absolute Gasteiger partial charge is 0.265 e. The maximum Gasteiger partial charge on any atom is 0.265 e. The summed E-state index contributed by atoms with van der Waals surface area (Å²) in [5, 5.41) is 12.6. The fraction of sp³-hybridized carbons (Fsp3) is 0.500. The zero-order chi connectivity index (χ0) is 21.8. The fourth-order valence-corrected chi connectivity index (χ4v) is 4.64. The number of hydrogen-bond acceptors (Lipinski definition) is 6. The summed E-state index contributed by atoms with van der Waals surface area (Å²) in [5.41, 5.74) is 4.05. The Hall–Kier alpha value is -2.80. The standard InChI is InChI=1S/C24H31N5O2/c1-16-22(27-17(2)24(31)28-19-8-4-3-5-9-19)23(26-15-25-16)29-14-18(12-13-30)20-10-6-7-11-21(20)29/h6-7,10-11,15,18-19,30H,3-5,8-9,12-14H2,1-2H3,(H,28,31). The minimum absolute atomic E-state index is 0.124. The molecule has 1 atom stereocenters. The van der Waals surface area contributed by atoms with E-state index in [0.29, 0.717) is 30.2 Å². The van der Waals surface area contributed by atoms with Gasteiger partial charge in [0.1, 0.15) is 17.7 Å². The lowest BCUT2D eigenvalue weighted by Gasteiger charge is -2.23. The van der Waals surface area contributed by atoms with Crippen LogP contribution in [0, 0.1) is 6.92 Å². The summed E-state index contributed by atoms with van der Waals surface area (Å²) in [4.78, 5) is 28.5. The van der Waals surface area contributed by atoms with Crippen LogP contribution in [0.2, 0.25) is 0 Å². The Morgan fingerprint density at radius 3 is 2.77 bits per heavy atom. The lowest BCUT2D eigenvalue weighted by atomic mass is 9.95. The second-order valence-corrected chi connectivity index (χ2v) is 8.52. The molecule has 2 N–H and O–H groups in total. The molecule has 2 aromatic rings. The summed E-state index contributed by atoms with van der Waals surface area (Å²) in [6, 6.07) is 8.45. The monoisotopic (exact) mass is 421 g/mol. The first kappa shape index (κ1) is 21.4. The lowest BCUT2D eigenvalue weighted by Crippen LogP contribution is -2.39. The second kappa shape index (κ2) is 9.56. The first-order valence-electron chi connectivity index (χ1n) is 11.2.